The van der Waals surface area contributed by atoms with E-state index in [0.717, 1.165) is 5.56 Å². The first kappa shape index (κ1) is 22.8. The average Bonchev–Trinajstić information content (AvgIpc) is 2.71. The number of benzene rings is 1. The normalized spacial score (nSPS) is 16.2. The zero-order valence-corrected chi connectivity index (χ0v) is 17.6. The number of rotatable bonds is 7. The summed E-state index contributed by atoms with van der Waals surface area (Å²) in [6.07, 6.45) is -1.27. The molecule has 0 radical (unpaired) electrons. The maximum Gasteiger partial charge on any atom is 0.346 e. The molecule has 0 aliphatic carbocycles. The van der Waals surface area contributed by atoms with Crippen LogP contribution in [0.1, 0.15) is 25.3 Å². The average molecular weight is 426 g/mol. The van der Waals surface area contributed by atoms with E-state index >= 15 is 0 Å². The van der Waals surface area contributed by atoms with Gasteiger partial charge in [-0.05, 0) is 26.0 Å². The number of sulfonamides is 1. The summed E-state index contributed by atoms with van der Waals surface area (Å²) in [6, 6.07) is 6.63. The van der Waals surface area contributed by atoms with Crippen molar-refractivity contribution in [1.82, 2.24) is 9.21 Å². The van der Waals surface area contributed by atoms with Gasteiger partial charge in [0, 0.05) is 32.6 Å². The molecular formula is C19H26N2O7S. The minimum atomic E-state index is -3.60. The molecule has 1 aromatic rings. The zero-order valence-electron chi connectivity index (χ0n) is 16.8. The Morgan fingerprint density at radius 1 is 1.03 bits per heavy atom. The van der Waals surface area contributed by atoms with Crippen LogP contribution in [0.5, 0.6) is 0 Å². The second kappa shape index (κ2) is 9.84. The number of nitrogens with zero attached hydrogens (tertiary/aromatic N) is 2. The lowest BCUT2D eigenvalue weighted by molar-refractivity contribution is -0.165. The number of methoxy groups -OCH3 is 1. The second-order valence-corrected chi connectivity index (χ2v) is 8.69. The Morgan fingerprint density at radius 2 is 1.62 bits per heavy atom. The van der Waals surface area contributed by atoms with Crippen LogP contribution in [0.4, 0.5) is 0 Å². The molecule has 0 spiro atoms. The van der Waals surface area contributed by atoms with Gasteiger partial charge >= 0.3 is 11.9 Å². The van der Waals surface area contributed by atoms with E-state index in [-0.39, 0.29) is 49.8 Å². The maximum absolute atomic E-state index is 12.7. The Labute approximate surface area is 170 Å². The van der Waals surface area contributed by atoms with E-state index in [1.807, 2.05) is 6.92 Å². The molecule has 0 unspecified atom stereocenters. The molecule has 0 bridgehead atoms. The van der Waals surface area contributed by atoms with Crippen LogP contribution in [0.15, 0.2) is 29.2 Å². The molecule has 1 amide bonds. The molecule has 0 N–H and O–H groups in total. The van der Waals surface area contributed by atoms with Crippen LogP contribution in [0.3, 0.4) is 0 Å². The highest BCUT2D eigenvalue weighted by molar-refractivity contribution is 7.89. The highest BCUT2D eigenvalue weighted by atomic mass is 32.2. The number of carbonyl (C=O) groups excluding carboxylic acids is 3. The van der Waals surface area contributed by atoms with E-state index in [1.165, 1.54) is 23.2 Å². The highest BCUT2D eigenvalue weighted by Gasteiger charge is 2.30. The fourth-order valence-electron chi connectivity index (χ4n) is 2.87. The topological polar surface area (TPSA) is 110 Å². The molecule has 1 aromatic carbocycles. The third-order valence-electron chi connectivity index (χ3n) is 4.63. The zero-order chi connectivity index (χ0) is 21.6. The number of piperazine rings is 1. The molecule has 1 aliphatic heterocycles. The lowest BCUT2D eigenvalue weighted by Gasteiger charge is -2.34. The van der Waals surface area contributed by atoms with Gasteiger partial charge in [-0.1, -0.05) is 17.7 Å². The lowest BCUT2D eigenvalue weighted by Crippen LogP contribution is -2.50. The Bertz CT molecular complexity index is 844. The van der Waals surface area contributed by atoms with Gasteiger partial charge in [0.15, 0.2) is 6.10 Å². The van der Waals surface area contributed by atoms with Gasteiger partial charge < -0.3 is 14.4 Å². The van der Waals surface area contributed by atoms with Crippen molar-refractivity contribution in [3.63, 3.8) is 0 Å². The van der Waals surface area contributed by atoms with Crippen LogP contribution in [-0.4, -0.2) is 74.9 Å². The fourth-order valence-corrected chi connectivity index (χ4v) is 4.30. The highest BCUT2D eigenvalue weighted by Crippen LogP contribution is 2.18. The molecule has 2 rings (SSSR count). The Balaban J connectivity index is 1.82. The summed E-state index contributed by atoms with van der Waals surface area (Å²) in [6.45, 7) is 4.14. The van der Waals surface area contributed by atoms with Gasteiger partial charge in [0.25, 0.3) is 0 Å². The van der Waals surface area contributed by atoms with E-state index < -0.39 is 28.1 Å². The Morgan fingerprint density at radius 3 is 2.17 bits per heavy atom. The number of esters is 2. The monoisotopic (exact) mass is 426 g/mol. The molecule has 0 saturated carbocycles. The molecule has 9 nitrogen and oxygen atoms in total. The molecule has 1 atom stereocenters. The molecule has 160 valence electrons. The number of ether oxygens (including phenoxy) is 2. The van der Waals surface area contributed by atoms with Gasteiger partial charge in [-0.3, -0.25) is 9.59 Å². The van der Waals surface area contributed by atoms with Crippen LogP contribution in [0.25, 0.3) is 0 Å². The van der Waals surface area contributed by atoms with Crippen LogP contribution in [0, 0.1) is 6.92 Å². The summed E-state index contributed by atoms with van der Waals surface area (Å²) in [4.78, 5) is 37.0. The van der Waals surface area contributed by atoms with Crippen molar-refractivity contribution in [2.45, 2.75) is 37.7 Å². The minimum Gasteiger partial charge on any atom is -0.466 e. The first-order chi connectivity index (χ1) is 13.6. The summed E-state index contributed by atoms with van der Waals surface area (Å²) < 4.78 is 36.1. The number of hydrogen-bond acceptors (Lipinski definition) is 7. The van der Waals surface area contributed by atoms with Gasteiger partial charge in [-0.2, -0.15) is 4.31 Å². The summed E-state index contributed by atoms with van der Waals surface area (Å²) in [7, 11) is -2.41. The van der Waals surface area contributed by atoms with Crippen molar-refractivity contribution >= 4 is 27.9 Å². The first-order valence-electron chi connectivity index (χ1n) is 9.27. The van der Waals surface area contributed by atoms with Gasteiger partial charge in [-0.15, -0.1) is 0 Å². The van der Waals surface area contributed by atoms with Gasteiger partial charge in [0.2, 0.25) is 15.9 Å². The fraction of sp³-hybridized carbons (Fsp3) is 0.526. The van der Waals surface area contributed by atoms with Gasteiger partial charge in [-0.25, -0.2) is 13.2 Å². The molecule has 1 fully saturated rings. The number of hydrogen-bond donors (Lipinski definition) is 0. The van der Waals surface area contributed by atoms with Crippen molar-refractivity contribution in [2.75, 3.05) is 33.3 Å². The van der Waals surface area contributed by atoms with E-state index in [4.69, 9.17) is 4.74 Å². The molecular weight excluding hydrogens is 400 g/mol. The Kier molecular flexibility index (Phi) is 7.74. The predicted molar refractivity (Wildman–Crippen MR) is 103 cm³/mol. The number of amides is 1. The van der Waals surface area contributed by atoms with Gasteiger partial charge in [0.1, 0.15) is 0 Å². The minimum absolute atomic E-state index is 0.0720. The summed E-state index contributed by atoms with van der Waals surface area (Å²) in [5.41, 5.74) is 0.971. The molecule has 1 saturated heterocycles. The third-order valence-corrected chi connectivity index (χ3v) is 6.55. The van der Waals surface area contributed by atoms with Crippen molar-refractivity contribution in [3.8, 4) is 0 Å². The van der Waals surface area contributed by atoms with Crippen LogP contribution in [0.2, 0.25) is 0 Å². The Hall–Kier alpha value is -2.46. The maximum atomic E-state index is 12.7. The first-order valence-corrected chi connectivity index (χ1v) is 10.7. The van der Waals surface area contributed by atoms with Crippen LogP contribution in [-0.2, 0) is 33.9 Å². The smallest absolute Gasteiger partial charge is 0.346 e. The van der Waals surface area contributed by atoms with E-state index in [9.17, 15) is 22.8 Å². The number of carbonyl (C=O) groups is 3. The van der Waals surface area contributed by atoms with E-state index in [0.29, 0.717) is 0 Å². The van der Waals surface area contributed by atoms with E-state index in [1.54, 1.807) is 24.3 Å². The van der Waals surface area contributed by atoms with Crippen LogP contribution >= 0.6 is 0 Å². The van der Waals surface area contributed by atoms with Crippen molar-refractivity contribution in [1.29, 1.82) is 0 Å². The van der Waals surface area contributed by atoms with E-state index in [2.05, 4.69) is 4.74 Å². The summed E-state index contributed by atoms with van der Waals surface area (Å²) in [5, 5.41) is 0. The summed E-state index contributed by atoms with van der Waals surface area (Å²) in [5.74, 6) is -1.60. The molecule has 29 heavy (non-hydrogen) atoms. The quantitative estimate of drug-likeness (QED) is 0.591. The molecule has 0 aromatic heterocycles. The molecule has 10 heteroatoms. The lowest BCUT2D eigenvalue weighted by atomic mass is 10.2. The largest absolute Gasteiger partial charge is 0.466 e. The van der Waals surface area contributed by atoms with Crippen molar-refractivity contribution < 1.29 is 32.3 Å². The standard InChI is InChI=1S/C19H26N2O7S/c1-14-4-6-16(7-5-14)29(25,26)21-12-10-20(11-13-21)17(22)8-9-18(23)28-15(2)19(24)27-3/h4-7,15H,8-13H2,1-3H3/t15-/m0/s1. The SMILES string of the molecule is COC(=O)[C@H](C)OC(=O)CCC(=O)N1CCN(S(=O)(=O)c2ccc(C)cc2)CC1. The van der Waals surface area contributed by atoms with Crippen LogP contribution < -0.4 is 0 Å². The molecule has 1 heterocycles. The second-order valence-electron chi connectivity index (χ2n) is 6.75. The van der Waals surface area contributed by atoms with Crippen molar-refractivity contribution in [3.05, 3.63) is 29.8 Å². The predicted octanol–water partition coefficient (Wildman–Crippen LogP) is 0.713. The number of aryl methyl sites for hydroxylation is 1. The van der Waals surface area contributed by atoms with Crippen molar-refractivity contribution in [2.24, 2.45) is 0 Å². The summed E-state index contributed by atoms with van der Waals surface area (Å²) >= 11 is 0. The van der Waals surface area contributed by atoms with Gasteiger partial charge in [0.05, 0.1) is 18.4 Å². The third kappa shape index (κ3) is 6.01. The molecule has 1 aliphatic rings.